The second kappa shape index (κ2) is 4.78. The van der Waals surface area contributed by atoms with Gasteiger partial charge in [-0.25, -0.2) is 0 Å². The molecule has 0 amide bonds. The number of aryl methyl sites for hydroxylation is 2. The Morgan fingerprint density at radius 2 is 1.33 bits per heavy atom. The van der Waals surface area contributed by atoms with Crippen LogP contribution in [0.4, 0.5) is 26.3 Å². The third-order valence-electron chi connectivity index (χ3n) is 2.91. The molecule has 0 unspecified atom stereocenters. The fourth-order valence-corrected chi connectivity index (χ4v) is 1.99. The van der Waals surface area contributed by atoms with Gasteiger partial charge in [0.2, 0.25) is 0 Å². The zero-order valence-corrected chi connectivity index (χ0v) is 10.9. The fraction of sp³-hybridized carbons (Fsp3) is 0.308. The van der Waals surface area contributed by atoms with E-state index in [-0.39, 0.29) is 28.6 Å². The van der Waals surface area contributed by atoms with Gasteiger partial charge in [0.15, 0.2) is 0 Å². The molecule has 0 spiro atoms. The normalized spacial score (nSPS) is 12.8. The highest BCUT2D eigenvalue weighted by Gasteiger charge is 2.37. The van der Waals surface area contributed by atoms with Crippen molar-refractivity contribution in [1.29, 1.82) is 0 Å². The summed E-state index contributed by atoms with van der Waals surface area (Å²) < 4.78 is 81.4. The quantitative estimate of drug-likeness (QED) is 0.693. The maximum Gasteiger partial charge on any atom is 0.416 e. The summed E-state index contributed by atoms with van der Waals surface area (Å²) in [7, 11) is 0. The number of hydrogen-bond acceptors (Lipinski definition) is 2. The molecule has 0 fully saturated rings. The summed E-state index contributed by atoms with van der Waals surface area (Å²) in [5.41, 5.74) is -2.61. The number of aromatic nitrogens is 1. The number of halogens is 6. The summed E-state index contributed by atoms with van der Waals surface area (Å²) in [6.45, 7) is 2.86. The first-order valence-electron chi connectivity index (χ1n) is 5.73. The van der Waals surface area contributed by atoms with Crippen molar-refractivity contribution in [2.45, 2.75) is 26.2 Å². The van der Waals surface area contributed by atoms with Crippen molar-refractivity contribution in [3.8, 4) is 11.1 Å². The summed E-state index contributed by atoms with van der Waals surface area (Å²) in [5.74, 6) is 0.153. The molecule has 0 aliphatic carbocycles. The summed E-state index contributed by atoms with van der Waals surface area (Å²) in [5, 5.41) is 3.54. The minimum absolute atomic E-state index is 0.0850. The third kappa shape index (κ3) is 3.03. The topological polar surface area (TPSA) is 26.0 Å². The van der Waals surface area contributed by atoms with Gasteiger partial charge in [-0.2, -0.15) is 26.3 Å². The molecule has 0 aliphatic rings. The van der Waals surface area contributed by atoms with Gasteiger partial charge < -0.3 is 4.52 Å². The Kier molecular flexibility index (Phi) is 3.51. The van der Waals surface area contributed by atoms with E-state index in [1.807, 2.05) is 0 Å². The average molecular weight is 309 g/mol. The van der Waals surface area contributed by atoms with Gasteiger partial charge in [0, 0.05) is 5.56 Å². The van der Waals surface area contributed by atoms with Crippen LogP contribution in [0.25, 0.3) is 11.1 Å². The zero-order valence-electron chi connectivity index (χ0n) is 10.9. The van der Waals surface area contributed by atoms with Crippen LogP contribution in [0.2, 0.25) is 0 Å². The first-order chi connectivity index (χ1) is 9.50. The number of rotatable bonds is 1. The van der Waals surface area contributed by atoms with E-state index in [1.54, 1.807) is 0 Å². The molecule has 2 aromatic rings. The van der Waals surface area contributed by atoms with Gasteiger partial charge in [-0.3, -0.25) is 0 Å². The lowest BCUT2D eigenvalue weighted by atomic mass is 9.98. The van der Waals surface area contributed by atoms with Crippen LogP contribution in [0.15, 0.2) is 22.7 Å². The molecule has 1 aromatic carbocycles. The number of alkyl halides is 6. The molecule has 8 heteroatoms. The van der Waals surface area contributed by atoms with Crippen molar-refractivity contribution in [3.05, 3.63) is 40.8 Å². The zero-order chi connectivity index (χ0) is 16.0. The van der Waals surface area contributed by atoms with Crippen molar-refractivity contribution in [3.63, 3.8) is 0 Å². The molecule has 0 aliphatic heterocycles. The van der Waals surface area contributed by atoms with E-state index in [4.69, 9.17) is 4.52 Å². The van der Waals surface area contributed by atoms with Crippen LogP contribution in [-0.2, 0) is 12.4 Å². The Balaban J connectivity index is 2.73. The SMILES string of the molecule is Cc1noc(C)c1-c1cc(C(F)(F)F)cc(C(F)(F)F)c1. The van der Waals surface area contributed by atoms with E-state index in [2.05, 4.69) is 5.16 Å². The van der Waals surface area contributed by atoms with E-state index in [1.165, 1.54) is 13.8 Å². The molecule has 0 N–H and O–H groups in total. The number of nitrogens with zero attached hydrogens (tertiary/aromatic N) is 1. The van der Waals surface area contributed by atoms with Crippen molar-refractivity contribution in [1.82, 2.24) is 5.16 Å². The lowest BCUT2D eigenvalue weighted by Gasteiger charge is -2.14. The fourth-order valence-electron chi connectivity index (χ4n) is 1.99. The standard InChI is InChI=1S/C13H9F6NO/c1-6-11(7(2)21-20-6)8-3-9(12(14,15)16)5-10(4-8)13(17,18)19/h3-5H,1-2H3. The van der Waals surface area contributed by atoms with Crippen LogP contribution in [0.1, 0.15) is 22.6 Å². The molecule has 1 aromatic heterocycles. The molecule has 0 saturated carbocycles. The van der Waals surface area contributed by atoms with E-state index in [0.29, 0.717) is 12.1 Å². The molecule has 2 nitrogen and oxygen atoms in total. The smallest absolute Gasteiger partial charge is 0.361 e. The molecular weight excluding hydrogens is 300 g/mol. The first kappa shape index (κ1) is 15.4. The van der Waals surface area contributed by atoms with Gasteiger partial charge in [-0.05, 0) is 37.6 Å². The highest BCUT2D eigenvalue weighted by Crippen LogP contribution is 2.39. The van der Waals surface area contributed by atoms with Gasteiger partial charge in [-0.15, -0.1) is 0 Å². The van der Waals surface area contributed by atoms with Crippen LogP contribution in [0, 0.1) is 13.8 Å². The summed E-state index contributed by atoms with van der Waals surface area (Å²) >= 11 is 0. The number of hydrogen-bond donors (Lipinski definition) is 0. The van der Waals surface area contributed by atoms with E-state index < -0.39 is 23.5 Å². The molecule has 1 heterocycles. The molecule has 0 saturated heterocycles. The maximum atomic E-state index is 12.8. The lowest BCUT2D eigenvalue weighted by molar-refractivity contribution is -0.143. The van der Waals surface area contributed by atoms with E-state index >= 15 is 0 Å². The Hall–Kier alpha value is -1.99. The predicted molar refractivity (Wildman–Crippen MR) is 61.4 cm³/mol. The van der Waals surface area contributed by atoms with Crippen LogP contribution >= 0.6 is 0 Å². The molecular formula is C13H9F6NO. The molecule has 0 atom stereocenters. The van der Waals surface area contributed by atoms with Gasteiger partial charge in [-0.1, -0.05) is 5.16 Å². The Labute approximate surface area is 115 Å². The number of benzene rings is 1. The first-order valence-corrected chi connectivity index (χ1v) is 5.73. The summed E-state index contributed by atoms with van der Waals surface area (Å²) in [6.07, 6.45) is -9.76. The van der Waals surface area contributed by atoms with Crippen molar-refractivity contribution in [2.24, 2.45) is 0 Å². The van der Waals surface area contributed by atoms with E-state index in [9.17, 15) is 26.3 Å². The van der Waals surface area contributed by atoms with Crippen LogP contribution in [-0.4, -0.2) is 5.16 Å². The summed E-state index contributed by atoms with van der Waals surface area (Å²) in [4.78, 5) is 0. The Morgan fingerprint density at radius 3 is 1.67 bits per heavy atom. The lowest BCUT2D eigenvalue weighted by Crippen LogP contribution is -2.11. The monoisotopic (exact) mass is 309 g/mol. The highest BCUT2D eigenvalue weighted by molar-refractivity contribution is 5.69. The average Bonchev–Trinajstić information content (AvgIpc) is 2.66. The van der Waals surface area contributed by atoms with Crippen molar-refractivity contribution >= 4 is 0 Å². The Bertz CT molecular complexity index is 617. The predicted octanol–water partition coefficient (Wildman–Crippen LogP) is 5.00. The Morgan fingerprint density at radius 1 is 0.857 bits per heavy atom. The maximum absolute atomic E-state index is 12.8. The van der Waals surface area contributed by atoms with Crippen molar-refractivity contribution in [2.75, 3.05) is 0 Å². The second-order valence-corrected chi connectivity index (χ2v) is 4.49. The van der Waals surface area contributed by atoms with E-state index in [0.717, 1.165) is 0 Å². The van der Waals surface area contributed by atoms with Crippen LogP contribution in [0.5, 0.6) is 0 Å². The highest BCUT2D eigenvalue weighted by atomic mass is 19.4. The second-order valence-electron chi connectivity index (χ2n) is 4.49. The van der Waals surface area contributed by atoms with Gasteiger partial charge in [0.25, 0.3) is 0 Å². The minimum atomic E-state index is -4.88. The molecule has 0 bridgehead atoms. The minimum Gasteiger partial charge on any atom is -0.361 e. The summed E-state index contributed by atoms with van der Waals surface area (Å²) in [6, 6.07) is 1.39. The van der Waals surface area contributed by atoms with Crippen molar-refractivity contribution < 1.29 is 30.9 Å². The third-order valence-corrected chi connectivity index (χ3v) is 2.91. The van der Waals surface area contributed by atoms with Crippen LogP contribution < -0.4 is 0 Å². The van der Waals surface area contributed by atoms with Gasteiger partial charge >= 0.3 is 12.4 Å². The molecule has 114 valence electrons. The molecule has 21 heavy (non-hydrogen) atoms. The molecule has 2 rings (SSSR count). The van der Waals surface area contributed by atoms with Crippen LogP contribution in [0.3, 0.4) is 0 Å². The largest absolute Gasteiger partial charge is 0.416 e. The van der Waals surface area contributed by atoms with Gasteiger partial charge in [0.1, 0.15) is 5.76 Å². The van der Waals surface area contributed by atoms with Gasteiger partial charge in [0.05, 0.1) is 16.8 Å². The molecule has 0 radical (unpaired) electrons.